The van der Waals surface area contributed by atoms with Crippen LogP contribution >= 0.6 is 11.8 Å². The van der Waals surface area contributed by atoms with Crippen LogP contribution in [-0.2, 0) is 21.4 Å². The lowest BCUT2D eigenvalue weighted by Crippen LogP contribution is -2.28. The molecule has 3 rings (SSSR count). The van der Waals surface area contributed by atoms with Crippen LogP contribution in [0, 0.1) is 0 Å². The largest absolute Gasteiger partial charge is 0.349 e. The zero-order valence-electron chi connectivity index (χ0n) is 15.3. The Morgan fingerprint density at radius 3 is 2.56 bits per heavy atom. The minimum Gasteiger partial charge on any atom is -0.349 e. The Balaban J connectivity index is 1.56. The summed E-state index contributed by atoms with van der Waals surface area (Å²) < 4.78 is 24.7. The summed E-state index contributed by atoms with van der Waals surface area (Å²) in [4.78, 5) is 12.3. The van der Waals surface area contributed by atoms with Crippen LogP contribution in [0.25, 0.3) is 0 Å². The average molecular weight is 410 g/mol. The first kappa shape index (κ1) is 19.8. The molecule has 1 aromatic carbocycles. The summed E-state index contributed by atoms with van der Waals surface area (Å²) in [5.41, 5.74) is 0.800. The molecule has 27 heavy (non-hydrogen) atoms. The van der Waals surface area contributed by atoms with E-state index in [1.165, 1.54) is 23.9 Å². The van der Waals surface area contributed by atoms with Crippen LogP contribution in [0.5, 0.6) is 0 Å². The van der Waals surface area contributed by atoms with Gasteiger partial charge in [-0.25, -0.2) is 13.6 Å². The summed E-state index contributed by atoms with van der Waals surface area (Å²) in [6.07, 6.45) is 2.32. The molecule has 8 nitrogen and oxygen atoms in total. The fourth-order valence-electron chi connectivity index (χ4n) is 2.79. The number of nitrogens with zero attached hydrogens (tertiary/aromatic N) is 3. The molecule has 2 aromatic rings. The van der Waals surface area contributed by atoms with Crippen molar-refractivity contribution >= 4 is 27.7 Å². The van der Waals surface area contributed by atoms with Gasteiger partial charge in [0.05, 0.1) is 16.7 Å². The van der Waals surface area contributed by atoms with E-state index in [0.29, 0.717) is 5.92 Å². The lowest BCUT2D eigenvalue weighted by atomic mass is 10.1. The smallest absolute Gasteiger partial charge is 0.238 e. The van der Waals surface area contributed by atoms with Gasteiger partial charge in [-0.3, -0.25) is 4.79 Å². The summed E-state index contributed by atoms with van der Waals surface area (Å²) >= 11 is 1.37. The number of hydrogen-bond donors (Lipinski definition) is 2. The number of aromatic nitrogens is 3. The quantitative estimate of drug-likeness (QED) is 0.642. The molecular formula is C17H23N5O3S2. The Labute approximate surface area is 163 Å². The predicted octanol–water partition coefficient (Wildman–Crippen LogP) is 1.79. The Bertz CT molecular complexity index is 921. The van der Waals surface area contributed by atoms with Crippen molar-refractivity contribution in [3.05, 3.63) is 35.7 Å². The van der Waals surface area contributed by atoms with Crippen LogP contribution in [0.2, 0.25) is 0 Å². The third-order valence-corrected chi connectivity index (χ3v) is 6.32. The van der Waals surface area contributed by atoms with E-state index in [2.05, 4.69) is 20.1 Å². The van der Waals surface area contributed by atoms with Crippen molar-refractivity contribution in [2.24, 2.45) is 5.14 Å². The van der Waals surface area contributed by atoms with E-state index in [9.17, 15) is 13.2 Å². The van der Waals surface area contributed by atoms with Crippen LogP contribution in [0.4, 0.5) is 0 Å². The number of amides is 1. The van der Waals surface area contributed by atoms with Crippen molar-refractivity contribution in [2.45, 2.75) is 55.2 Å². The second kappa shape index (κ2) is 7.99. The van der Waals surface area contributed by atoms with Crippen molar-refractivity contribution in [1.29, 1.82) is 0 Å². The van der Waals surface area contributed by atoms with Crippen molar-refractivity contribution in [3.63, 3.8) is 0 Å². The van der Waals surface area contributed by atoms with Gasteiger partial charge < -0.3 is 9.88 Å². The normalized spacial score (nSPS) is 15.5. The zero-order valence-corrected chi connectivity index (χ0v) is 16.9. The maximum atomic E-state index is 12.3. The number of nitrogens with two attached hydrogens (primary N) is 1. The number of hydrogen-bond acceptors (Lipinski definition) is 6. The molecule has 0 spiro atoms. The molecule has 10 heteroatoms. The first-order valence-electron chi connectivity index (χ1n) is 8.77. The third-order valence-electron chi connectivity index (χ3n) is 4.42. The highest BCUT2D eigenvalue weighted by atomic mass is 32.2. The summed E-state index contributed by atoms with van der Waals surface area (Å²) in [5.74, 6) is 1.65. The van der Waals surface area contributed by atoms with E-state index in [4.69, 9.17) is 5.14 Å². The predicted molar refractivity (Wildman–Crippen MR) is 103 cm³/mol. The van der Waals surface area contributed by atoms with Crippen molar-refractivity contribution in [3.8, 4) is 0 Å². The summed E-state index contributed by atoms with van der Waals surface area (Å²) in [6, 6.07) is 5.91. The molecule has 0 bridgehead atoms. The number of rotatable bonds is 8. The van der Waals surface area contributed by atoms with E-state index in [1.807, 2.05) is 13.8 Å². The van der Waals surface area contributed by atoms with Crippen LogP contribution in [-0.4, -0.2) is 34.8 Å². The minimum atomic E-state index is -3.72. The highest BCUT2D eigenvalue weighted by molar-refractivity contribution is 7.99. The van der Waals surface area contributed by atoms with Gasteiger partial charge in [0.1, 0.15) is 5.82 Å². The Morgan fingerprint density at radius 1 is 1.33 bits per heavy atom. The van der Waals surface area contributed by atoms with Gasteiger partial charge in [-0.05, 0) is 44.4 Å². The van der Waals surface area contributed by atoms with E-state index < -0.39 is 10.0 Å². The second-order valence-electron chi connectivity index (χ2n) is 6.55. The van der Waals surface area contributed by atoms with Gasteiger partial charge in [-0.15, -0.1) is 10.2 Å². The zero-order chi connectivity index (χ0) is 19.6. The van der Waals surface area contributed by atoms with E-state index in [0.717, 1.165) is 35.9 Å². The SMILES string of the molecule is CCn1c(SCC(=O)N[C@H](C)c2ccc(S(N)(=O)=O)cc2)nnc1C1CC1. The van der Waals surface area contributed by atoms with Gasteiger partial charge in [0.25, 0.3) is 0 Å². The molecule has 1 saturated carbocycles. The van der Waals surface area contributed by atoms with Gasteiger partial charge >= 0.3 is 0 Å². The molecule has 146 valence electrons. The summed E-state index contributed by atoms with van der Waals surface area (Å²) in [5, 5.41) is 17.2. The molecule has 1 heterocycles. The average Bonchev–Trinajstić information content (AvgIpc) is 3.39. The standard InChI is InChI=1S/C17H23N5O3S2/c1-3-22-16(13-4-5-13)20-21-17(22)26-10-15(23)19-11(2)12-6-8-14(9-7-12)27(18,24)25/h6-9,11,13H,3-5,10H2,1-2H3,(H,19,23)(H2,18,24,25)/t11-/m1/s1. The van der Waals surface area contributed by atoms with Gasteiger partial charge in [0.15, 0.2) is 5.16 Å². The number of nitrogens with one attached hydrogen (secondary N) is 1. The molecule has 1 aliphatic carbocycles. The van der Waals surface area contributed by atoms with Crippen molar-refractivity contribution in [1.82, 2.24) is 20.1 Å². The Kier molecular flexibility index (Phi) is 5.87. The fraction of sp³-hybridized carbons (Fsp3) is 0.471. The van der Waals surface area contributed by atoms with Gasteiger partial charge in [-0.2, -0.15) is 0 Å². The number of primary sulfonamides is 1. The van der Waals surface area contributed by atoms with Crippen molar-refractivity contribution in [2.75, 3.05) is 5.75 Å². The number of benzene rings is 1. The first-order chi connectivity index (χ1) is 12.8. The van der Waals surface area contributed by atoms with Gasteiger partial charge in [-0.1, -0.05) is 23.9 Å². The summed E-state index contributed by atoms with van der Waals surface area (Å²) in [7, 11) is -3.72. The molecule has 1 fully saturated rings. The number of sulfonamides is 1. The van der Waals surface area contributed by atoms with Crippen LogP contribution in [0.1, 0.15) is 50.0 Å². The Morgan fingerprint density at radius 2 is 2.00 bits per heavy atom. The number of carbonyl (C=O) groups excluding carboxylic acids is 1. The molecular weight excluding hydrogens is 386 g/mol. The Hall–Kier alpha value is -1.91. The molecule has 0 radical (unpaired) electrons. The van der Waals surface area contributed by atoms with Crippen LogP contribution in [0.3, 0.4) is 0 Å². The van der Waals surface area contributed by atoms with Gasteiger partial charge in [0.2, 0.25) is 15.9 Å². The molecule has 1 atom stereocenters. The molecule has 0 saturated heterocycles. The second-order valence-corrected chi connectivity index (χ2v) is 9.06. The third kappa shape index (κ3) is 4.88. The lowest BCUT2D eigenvalue weighted by molar-refractivity contribution is -0.119. The highest BCUT2D eigenvalue weighted by Gasteiger charge is 2.30. The van der Waals surface area contributed by atoms with Gasteiger partial charge in [0, 0.05) is 12.5 Å². The van der Waals surface area contributed by atoms with E-state index in [1.54, 1.807) is 12.1 Å². The maximum absolute atomic E-state index is 12.3. The molecule has 0 aliphatic heterocycles. The number of carbonyl (C=O) groups is 1. The molecule has 0 unspecified atom stereocenters. The minimum absolute atomic E-state index is 0.0469. The first-order valence-corrected chi connectivity index (χ1v) is 11.3. The van der Waals surface area contributed by atoms with E-state index >= 15 is 0 Å². The van der Waals surface area contributed by atoms with Crippen LogP contribution in [0.15, 0.2) is 34.3 Å². The fourth-order valence-corrected chi connectivity index (χ4v) is 4.13. The topological polar surface area (TPSA) is 120 Å². The number of thioether (sulfide) groups is 1. The summed E-state index contributed by atoms with van der Waals surface area (Å²) in [6.45, 7) is 4.68. The monoisotopic (exact) mass is 409 g/mol. The molecule has 1 aromatic heterocycles. The van der Waals surface area contributed by atoms with Crippen molar-refractivity contribution < 1.29 is 13.2 Å². The molecule has 1 aliphatic rings. The highest BCUT2D eigenvalue weighted by Crippen LogP contribution is 2.39. The molecule has 1 amide bonds. The molecule has 3 N–H and O–H groups in total. The lowest BCUT2D eigenvalue weighted by Gasteiger charge is -2.14. The maximum Gasteiger partial charge on any atom is 0.238 e. The van der Waals surface area contributed by atoms with Crippen LogP contribution < -0.4 is 10.5 Å². The van der Waals surface area contributed by atoms with E-state index in [-0.39, 0.29) is 22.6 Å².